The van der Waals surface area contributed by atoms with Crippen LogP contribution in [0.5, 0.6) is 0 Å². The number of carbonyl (C=O) groups excluding carboxylic acids is 3. The fraction of sp³-hybridized carbons (Fsp3) is 0.250. The van der Waals surface area contributed by atoms with Crippen LogP contribution in [0.2, 0.25) is 0 Å². The van der Waals surface area contributed by atoms with Crippen molar-refractivity contribution >= 4 is 18.1 Å². The standard InChI is InChI=1S/C12H14N2O5/c1-18-11(16)13-9(8-6-4-3-5-7-8)10(15)14-12(17)19-2/h3-7,9H,1-2H3,(H,13,16)(H,14,15,17). The van der Waals surface area contributed by atoms with Crippen LogP contribution < -0.4 is 10.6 Å². The first-order chi connectivity index (χ1) is 9.08. The molecule has 0 aliphatic carbocycles. The first-order valence-electron chi connectivity index (χ1n) is 5.36. The van der Waals surface area contributed by atoms with E-state index >= 15 is 0 Å². The zero-order valence-corrected chi connectivity index (χ0v) is 10.5. The van der Waals surface area contributed by atoms with Crippen LogP contribution in [-0.2, 0) is 14.3 Å². The predicted molar refractivity (Wildman–Crippen MR) is 65.3 cm³/mol. The van der Waals surface area contributed by atoms with E-state index in [9.17, 15) is 14.4 Å². The van der Waals surface area contributed by atoms with Crippen molar-refractivity contribution in [3.8, 4) is 0 Å². The Labute approximate surface area is 109 Å². The minimum Gasteiger partial charge on any atom is -0.453 e. The molecule has 1 aromatic carbocycles. The summed E-state index contributed by atoms with van der Waals surface area (Å²) in [6, 6.07) is 7.39. The van der Waals surface area contributed by atoms with Gasteiger partial charge in [-0.2, -0.15) is 0 Å². The van der Waals surface area contributed by atoms with Crippen molar-refractivity contribution < 1.29 is 23.9 Å². The molecule has 1 aromatic rings. The van der Waals surface area contributed by atoms with Crippen molar-refractivity contribution in [3.63, 3.8) is 0 Å². The summed E-state index contributed by atoms with van der Waals surface area (Å²) in [6.45, 7) is 0. The Morgan fingerprint density at radius 1 is 1.00 bits per heavy atom. The molecule has 0 saturated heterocycles. The average Bonchev–Trinajstić information content (AvgIpc) is 2.44. The molecule has 0 aliphatic heterocycles. The fourth-order valence-corrected chi connectivity index (χ4v) is 1.35. The summed E-state index contributed by atoms with van der Waals surface area (Å²) in [6.07, 6.45) is -1.69. The zero-order valence-electron chi connectivity index (χ0n) is 10.5. The molecule has 0 saturated carbocycles. The smallest absolute Gasteiger partial charge is 0.413 e. The molecule has 1 atom stereocenters. The van der Waals surface area contributed by atoms with E-state index in [1.165, 1.54) is 7.11 Å². The Balaban J connectivity index is 2.89. The number of hydrogen-bond donors (Lipinski definition) is 2. The number of rotatable bonds is 3. The molecular weight excluding hydrogens is 252 g/mol. The highest BCUT2D eigenvalue weighted by atomic mass is 16.5. The highest BCUT2D eigenvalue weighted by molar-refractivity contribution is 5.96. The van der Waals surface area contributed by atoms with Gasteiger partial charge in [-0.3, -0.25) is 10.1 Å². The summed E-state index contributed by atoms with van der Waals surface area (Å²) in [5.41, 5.74) is 0.509. The summed E-state index contributed by atoms with van der Waals surface area (Å²) >= 11 is 0. The van der Waals surface area contributed by atoms with Gasteiger partial charge in [0.1, 0.15) is 6.04 Å². The molecule has 19 heavy (non-hydrogen) atoms. The summed E-state index contributed by atoms with van der Waals surface area (Å²) < 4.78 is 8.76. The van der Waals surface area contributed by atoms with Crippen LogP contribution >= 0.6 is 0 Å². The second-order valence-electron chi connectivity index (χ2n) is 3.46. The van der Waals surface area contributed by atoms with Crippen LogP contribution in [-0.4, -0.2) is 32.3 Å². The number of benzene rings is 1. The Bertz CT molecular complexity index is 460. The molecule has 1 unspecified atom stereocenters. The van der Waals surface area contributed by atoms with Crippen LogP contribution in [0.15, 0.2) is 30.3 Å². The van der Waals surface area contributed by atoms with Gasteiger partial charge in [0, 0.05) is 0 Å². The van der Waals surface area contributed by atoms with Crippen LogP contribution in [0.3, 0.4) is 0 Å². The fourth-order valence-electron chi connectivity index (χ4n) is 1.35. The second kappa shape index (κ2) is 7.00. The number of nitrogens with one attached hydrogen (secondary N) is 2. The number of imide groups is 1. The Morgan fingerprint density at radius 2 is 1.58 bits per heavy atom. The van der Waals surface area contributed by atoms with Gasteiger partial charge in [-0.25, -0.2) is 9.59 Å². The van der Waals surface area contributed by atoms with E-state index in [4.69, 9.17) is 0 Å². The van der Waals surface area contributed by atoms with E-state index in [0.29, 0.717) is 5.56 Å². The number of alkyl carbamates (subject to hydrolysis) is 2. The lowest BCUT2D eigenvalue weighted by Gasteiger charge is -2.17. The lowest BCUT2D eigenvalue weighted by Crippen LogP contribution is -2.42. The Morgan fingerprint density at radius 3 is 2.11 bits per heavy atom. The summed E-state index contributed by atoms with van der Waals surface area (Å²) in [4.78, 5) is 34.1. The average molecular weight is 266 g/mol. The minimum absolute atomic E-state index is 0.509. The summed E-state index contributed by atoms with van der Waals surface area (Å²) in [5.74, 6) is -0.719. The van der Waals surface area contributed by atoms with E-state index in [1.54, 1.807) is 30.3 Å². The maximum atomic E-state index is 11.9. The first-order valence-corrected chi connectivity index (χ1v) is 5.36. The van der Waals surface area contributed by atoms with Gasteiger partial charge in [0.05, 0.1) is 14.2 Å². The molecule has 0 aliphatic rings. The minimum atomic E-state index is -1.05. The van der Waals surface area contributed by atoms with Gasteiger partial charge in [-0.05, 0) is 5.56 Å². The number of ether oxygens (including phenoxy) is 2. The summed E-state index contributed by atoms with van der Waals surface area (Å²) in [5, 5.41) is 4.32. The topological polar surface area (TPSA) is 93.7 Å². The third kappa shape index (κ3) is 4.30. The van der Waals surface area contributed by atoms with Crippen LogP contribution in [0.25, 0.3) is 0 Å². The van der Waals surface area contributed by atoms with E-state index < -0.39 is 24.1 Å². The number of hydrogen-bond acceptors (Lipinski definition) is 5. The van der Waals surface area contributed by atoms with Crippen LogP contribution in [0, 0.1) is 0 Å². The normalized spacial score (nSPS) is 11.1. The van der Waals surface area contributed by atoms with Crippen molar-refractivity contribution in [2.45, 2.75) is 6.04 Å². The number of carbonyl (C=O) groups is 3. The van der Waals surface area contributed by atoms with E-state index in [2.05, 4.69) is 14.8 Å². The lowest BCUT2D eigenvalue weighted by molar-refractivity contribution is -0.122. The maximum Gasteiger partial charge on any atom is 0.413 e. The molecule has 0 radical (unpaired) electrons. The quantitative estimate of drug-likeness (QED) is 0.850. The first kappa shape index (κ1) is 14.5. The molecule has 0 fully saturated rings. The van der Waals surface area contributed by atoms with Gasteiger partial charge in [-0.15, -0.1) is 0 Å². The van der Waals surface area contributed by atoms with E-state index in [-0.39, 0.29) is 0 Å². The van der Waals surface area contributed by atoms with Gasteiger partial charge in [0.15, 0.2) is 0 Å². The van der Waals surface area contributed by atoms with Gasteiger partial charge < -0.3 is 14.8 Å². The third-order valence-corrected chi connectivity index (χ3v) is 2.25. The highest BCUT2D eigenvalue weighted by Gasteiger charge is 2.24. The molecule has 0 heterocycles. The molecular formula is C12H14N2O5. The number of methoxy groups -OCH3 is 2. The summed E-state index contributed by atoms with van der Waals surface area (Å²) in [7, 11) is 2.31. The molecule has 3 amide bonds. The van der Waals surface area contributed by atoms with E-state index in [1.807, 2.05) is 5.32 Å². The third-order valence-electron chi connectivity index (χ3n) is 2.25. The molecule has 2 N–H and O–H groups in total. The van der Waals surface area contributed by atoms with Crippen molar-refractivity contribution in [1.29, 1.82) is 0 Å². The molecule has 1 rings (SSSR count). The van der Waals surface area contributed by atoms with Crippen molar-refractivity contribution in [1.82, 2.24) is 10.6 Å². The molecule has 102 valence electrons. The largest absolute Gasteiger partial charge is 0.453 e. The molecule has 7 heteroatoms. The SMILES string of the molecule is COC(=O)NC(=O)C(NC(=O)OC)c1ccccc1. The highest BCUT2D eigenvalue weighted by Crippen LogP contribution is 2.12. The molecule has 0 aromatic heterocycles. The van der Waals surface area contributed by atoms with E-state index in [0.717, 1.165) is 7.11 Å². The van der Waals surface area contributed by atoms with Crippen molar-refractivity contribution in [2.75, 3.05) is 14.2 Å². The Hall–Kier alpha value is -2.57. The predicted octanol–water partition coefficient (Wildman–Crippen LogP) is 0.966. The van der Waals surface area contributed by atoms with Crippen molar-refractivity contribution in [2.24, 2.45) is 0 Å². The monoisotopic (exact) mass is 266 g/mol. The number of amides is 3. The zero-order chi connectivity index (χ0) is 14.3. The van der Waals surface area contributed by atoms with Gasteiger partial charge in [-0.1, -0.05) is 30.3 Å². The molecule has 0 spiro atoms. The van der Waals surface area contributed by atoms with Crippen molar-refractivity contribution in [3.05, 3.63) is 35.9 Å². The molecule has 7 nitrogen and oxygen atoms in total. The van der Waals surface area contributed by atoms with Crippen LogP contribution in [0.1, 0.15) is 11.6 Å². The van der Waals surface area contributed by atoms with Gasteiger partial charge >= 0.3 is 12.2 Å². The van der Waals surface area contributed by atoms with Crippen LogP contribution in [0.4, 0.5) is 9.59 Å². The molecule has 0 bridgehead atoms. The Kier molecular flexibility index (Phi) is 5.34. The lowest BCUT2D eigenvalue weighted by atomic mass is 10.1. The van der Waals surface area contributed by atoms with Gasteiger partial charge in [0.25, 0.3) is 5.91 Å². The second-order valence-corrected chi connectivity index (χ2v) is 3.46. The van der Waals surface area contributed by atoms with Gasteiger partial charge in [0.2, 0.25) is 0 Å². The maximum absolute atomic E-state index is 11.9.